The molecule has 0 unspecified atom stereocenters. The van der Waals surface area contributed by atoms with Crippen LogP contribution in [-0.4, -0.2) is 26.9 Å². The second kappa shape index (κ2) is 6.60. The van der Waals surface area contributed by atoms with Crippen LogP contribution in [0.2, 0.25) is 0 Å². The number of hydrogen-bond acceptors (Lipinski definition) is 5. The summed E-state index contributed by atoms with van der Waals surface area (Å²) in [7, 11) is 1.65. The second-order valence-corrected chi connectivity index (χ2v) is 6.68. The van der Waals surface area contributed by atoms with Crippen LogP contribution in [0, 0.1) is 5.82 Å². The summed E-state index contributed by atoms with van der Waals surface area (Å²) in [5, 5.41) is 14.0. The SMILES string of the molecule is COc1ccc(Cc2nn3c(Cc4ccc(F)cc4)nnc3s2)cc1. The molecule has 7 heteroatoms. The quantitative estimate of drug-likeness (QED) is 0.550. The van der Waals surface area contributed by atoms with Gasteiger partial charge in [0.05, 0.1) is 7.11 Å². The van der Waals surface area contributed by atoms with Gasteiger partial charge in [-0.25, -0.2) is 4.39 Å². The van der Waals surface area contributed by atoms with E-state index in [2.05, 4.69) is 15.3 Å². The largest absolute Gasteiger partial charge is 0.497 e. The highest BCUT2D eigenvalue weighted by Crippen LogP contribution is 2.20. The molecule has 2 aromatic heterocycles. The highest BCUT2D eigenvalue weighted by atomic mass is 32.1. The zero-order valence-electron chi connectivity index (χ0n) is 13.5. The predicted molar refractivity (Wildman–Crippen MR) is 93.7 cm³/mol. The third kappa shape index (κ3) is 3.36. The van der Waals surface area contributed by atoms with Gasteiger partial charge >= 0.3 is 0 Å². The number of aromatic nitrogens is 4. The topological polar surface area (TPSA) is 52.3 Å². The molecular formula is C18H15FN4OS. The van der Waals surface area contributed by atoms with Crippen molar-refractivity contribution in [2.45, 2.75) is 12.8 Å². The van der Waals surface area contributed by atoms with Crippen LogP contribution < -0.4 is 4.74 Å². The Bertz CT molecular complexity index is 992. The molecule has 0 aliphatic rings. The summed E-state index contributed by atoms with van der Waals surface area (Å²) < 4.78 is 20.0. The van der Waals surface area contributed by atoms with Crippen molar-refractivity contribution in [1.82, 2.24) is 19.8 Å². The third-order valence-corrected chi connectivity index (χ3v) is 4.79. The Morgan fingerprint density at radius 2 is 1.64 bits per heavy atom. The Labute approximate surface area is 147 Å². The van der Waals surface area contributed by atoms with E-state index in [0.717, 1.165) is 39.1 Å². The Morgan fingerprint density at radius 1 is 0.960 bits per heavy atom. The van der Waals surface area contributed by atoms with E-state index in [0.29, 0.717) is 6.42 Å². The van der Waals surface area contributed by atoms with Crippen molar-refractivity contribution in [3.05, 3.63) is 76.3 Å². The monoisotopic (exact) mass is 354 g/mol. The van der Waals surface area contributed by atoms with Crippen molar-refractivity contribution in [3.63, 3.8) is 0 Å². The first-order valence-electron chi connectivity index (χ1n) is 7.78. The molecule has 0 aliphatic heterocycles. The molecule has 0 saturated heterocycles. The summed E-state index contributed by atoms with van der Waals surface area (Å²) in [5.41, 5.74) is 2.13. The van der Waals surface area contributed by atoms with Gasteiger partial charge in [0, 0.05) is 12.8 Å². The van der Waals surface area contributed by atoms with Crippen molar-refractivity contribution in [2.75, 3.05) is 7.11 Å². The number of fused-ring (bicyclic) bond motifs is 1. The maximum Gasteiger partial charge on any atom is 0.234 e. The van der Waals surface area contributed by atoms with Gasteiger partial charge in [0.25, 0.3) is 0 Å². The molecule has 0 spiro atoms. The molecule has 0 bridgehead atoms. The van der Waals surface area contributed by atoms with Crippen molar-refractivity contribution in [3.8, 4) is 5.75 Å². The third-order valence-electron chi connectivity index (χ3n) is 3.89. The molecular weight excluding hydrogens is 339 g/mol. The molecule has 0 atom stereocenters. The Hall–Kier alpha value is -2.80. The van der Waals surface area contributed by atoms with E-state index in [-0.39, 0.29) is 5.82 Å². The first-order chi connectivity index (χ1) is 12.2. The van der Waals surface area contributed by atoms with Gasteiger partial charge in [-0.1, -0.05) is 35.6 Å². The summed E-state index contributed by atoms with van der Waals surface area (Å²) >= 11 is 1.52. The normalized spacial score (nSPS) is 11.1. The number of benzene rings is 2. The molecule has 5 nitrogen and oxygen atoms in total. The molecule has 4 rings (SSSR count). The van der Waals surface area contributed by atoms with Crippen molar-refractivity contribution >= 4 is 16.3 Å². The van der Waals surface area contributed by atoms with Crippen LogP contribution in [0.25, 0.3) is 4.96 Å². The molecule has 0 amide bonds. The van der Waals surface area contributed by atoms with Crippen LogP contribution in [0.4, 0.5) is 4.39 Å². The number of hydrogen-bond donors (Lipinski definition) is 0. The van der Waals surface area contributed by atoms with Gasteiger partial charge in [0.1, 0.15) is 16.6 Å². The van der Waals surface area contributed by atoms with Crippen molar-refractivity contribution in [1.29, 1.82) is 0 Å². The van der Waals surface area contributed by atoms with Crippen molar-refractivity contribution in [2.24, 2.45) is 0 Å². The molecule has 0 N–H and O–H groups in total. The molecule has 2 aromatic carbocycles. The van der Waals surface area contributed by atoms with Crippen LogP contribution in [-0.2, 0) is 12.8 Å². The van der Waals surface area contributed by atoms with Gasteiger partial charge in [-0.2, -0.15) is 9.61 Å². The van der Waals surface area contributed by atoms with Crippen LogP contribution in [0.15, 0.2) is 48.5 Å². The number of methoxy groups -OCH3 is 1. The lowest BCUT2D eigenvalue weighted by atomic mass is 10.1. The summed E-state index contributed by atoms with van der Waals surface area (Å²) in [6, 6.07) is 14.3. The molecule has 0 saturated carbocycles. The highest BCUT2D eigenvalue weighted by Gasteiger charge is 2.12. The number of halogens is 1. The smallest absolute Gasteiger partial charge is 0.234 e. The molecule has 126 valence electrons. The number of rotatable bonds is 5. The Morgan fingerprint density at radius 3 is 2.36 bits per heavy atom. The molecule has 25 heavy (non-hydrogen) atoms. The van der Waals surface area contributed by atoms with E-state index in [1.165, 1.54) is 23.5 Å². The summed E-state index contributed by atoms with van der Waals surface area (Å²) in [5.74, 6) is 1.34. The van der Waals surface area contributed by atoms with E-state index in [1.807, 2.05) is 24.3 Å². The zero-order chi connectivity index (χ0) is 17.2. The first kappa shape index (κ1) is 15.7. The lowest BCUT2D eigenvalue weighted by molar-refractivity contribution is 0.414. The van der Waals surface area contributed by atoms with E-state index >= 15 is 0 Å². The molecule has 0 radical (unpaired) electrons. The maximum absolute atomic E-state index is 13.0. The van der Waals surface area contributed by atoms with E-state index in [9.17, 15) is 4.39 Å². The van der Waals surface area contributed by atoms with Gasteiger partial charge in [0.2, 0.25) is 4.96 Å². The molecule has 0 fully saturated rings. The fourth-order valence-corrected chi connectivity index (χ4v) is 3.47. The fourth-order valence-electron chi connectivity index (χ4n) is 2.58. The van der Waals surface area contributed by atoms with Crippen LogP contribution in [0.1, 0.15) is 22.0 Å². The van der Waals surface area contributed by atoms with Gasteiger partial charge in [-0.05, 0) is 35.4 Å². The Balaban J connectivity index is 1.56. The lowest BCUT2D eigenvalue weighted by Crippen LogP contribution is -1.99. The summed E-state index contributed by atoms with van der Waals surface area (Å²) in [6.07, 6.45) is 1.29. The fraction of sp³-hybridized carbons (Fsp3) is 0.167. The predicted octanol–water partition coefficient (Wildman–Crippen LogP) is 3.52. The number of ether oxygens (including phenoxy) is 1. The minimum Gasteiger partial charge on any atom is -0.497 e. The minimum atomic E-state index is -0.245. The maximum atomic E-state index is 13.0. The van der Waals surface area contributed by atoms with Crippen LogP contribution in [0.5, 0.6) is 5.75 Å². The minimum absolute atomic E-state index is 0.245. The van der Waals surface area contributed by atoms with E-state index < -0.39 is 0 Å². The molecule has 4 aromatic rings. The van der Waals surface area contributed by atoms with Crippen LogP contribution in [0.3, 0.4) is 0 Å². The van der Waals surface area contributed by atoms with E-state index in [4.69, 9.17) is 4.74 Å². The van der Waals surface area contributed by atoms with E-state index in [1.54, 1.807) is 23.8 Å². The molecule has 2 heterocycles. The van der Waals surface area contributed by atoms with Gasteiger partial charge in [0.15, 0.2) is 5.82 Å². The average Bonchev–Trinajstić information content (AvgIpc) is 3.19. The van der Waals surface area contributed by atoms with Gasteiger partial charge < -0.3 is 4.74 Å². The van der Waals surface area contributed by atoms with Gasteiger partial charge in [-0.15, -0.1) is 10.2 Å². The summed E-state index contributed by atoms with van der Waals surface area (Å²) in [4.78, 5) is 0.764. The lowest BCUT2D eigenvalue weighted by Gasteiger charge is -2.01. The highest BCUT2D eigenvalue weighted by molar-refractivity contribution is 7.16. The molecule has 0 aliphatic carbocycles. The average molecular weight is 354 g/mol. The van der Waals surface area contributed by atoms with Gasteiger partial charge in [-0.3, -0.25) is 0 Å². The zero-order valence-corrected chi connectivity index (χ0v) is 14.3. The standard InChI is InChI=1S/C18H15FN4OS/c1-24-15-8-4-13(5-9-15)11-17-22-23-16(20-21-18(23)25-17)10-12-2-6-14(19)7-3-12/h2-9H,10-11H2,1H3. The summed E-state index contributed by atoms with van der Waals surface area (Å²) in [6.45, 7) is 0. The first-order valence-corrected chi connectivity index (χ1v) is 8.60. The second-order valence-electron chi connectivity index (χ2n) is 5.63. The number of nitrogens with zero attached hydrogens (tertiary/aromatic N) is 4. The van der Waals surface area contributed by atoms with Crippen molar-refractivity contribution < 1.29 is 9.13 Å². The Kier molecular flexibility index (Phi) is 4.15. The van der Waals surface area contributed by atoms with Crippen LogP contribution >= 0.6 is 11.3 Å².